The Morgan fingerprint density at radius 3 is 2.55 bits per heavy atom. The lowest BCUT2D eigenvalue weighted by atomic mass is 9.95. The number of thiophene rings is 1. The fourth-order valence-corrected chi connectivity index (χ4v) is 4.90. The average Bonchev–Trinajstić information content (AvgIpc) is 3.54. The van der Waals surface area contributed by atoms with Crippen LogP contribution in [0.1, 0.15) is 27.0 Å². The lowest BCUT2D eigenvalue weighted by Gasteiger charge is -2.15. The number of benzene rings is 2. The Hall–Kier alpha value is -4.05. The van der Waals surface area contributed by atoms with Crippen molar-refractivity contribution in [3.05, 3.63) is 63.8 Å². The molecule has 33 heavy (non-hydrogen) atoms. The standard InChI is InChI=1S/C23H20N6O3S/c1-3-32-23-24-18-13(2)33-20(22(30)31)19(18)29(23)12-14-8-4-5-9-15(14)16-10-6-7-11-17(16)21-25-27-28-26-21/h4-11H,3,12H2,1-2H3,(H,30,31)(H,25,26,27,28). The van der Waals surface area contributed by atoms with Gasteiger partial charge in [-0.2, -0.15) is 10.2 Å². The van der Waals surface area contributed by atoms with Gasteiger partial charge in [0.05, 0.1) is 18.7 Å². The molecule has 0 unspecified atom stereocenters. The van der Waals surface area contributed by atoms with Crippen molar-refractivity contribution < 1.29 is 14.6 Å². The molecule has 0 saturated heterocycles. The minimum Gasteiger partial charge on any atom is -0.477 e. The Morgan fingerprint density at radius 1 is 1.12 bits per heavy atom. The van der Waals surface area contributed by atoms with E-state index in [1.165, 1.54) is 11.3 Å². The first-order chi connectivity index (χ1) is 16.1. The van der Waals surface area contributed by atoms with Gasteiger partial charge in [-0.3, -0.25) is 4.57 Å². The van der Waals surface area contributed by atoms with E-state index in [0.29, 0.717) is 36.0 Å². The number of hydrogen-bond donors (Lipinski definition) is 2. The zero-order chi connectivity index (χ0) is 22.9. The molecule has 5 aromatic rings. The van der Waals surface area contributed by atoms with Gasteiger partial charge in [0.2, 0.25) is 5.82 Å². The van der Waals surface area contributed by atoms with Crippen molar-refractivity contribution in [3.63, 3.8) is 0 Å². The van der Waals surface area contributed by atoms with Crippen molar-refractivity contribution in [1.82, 2.24) is 30.2 Å². The summed E-state index contributed by atoms with van der Waals surface area (Å²) in [4.78, 5) is 17.7. The number of nitrogens with one attached hydrogen (secondary N) is 1. The molecule has 2 N–H and O–H groups in total. The van der Waals surface area contributed by atoms with E-state index in [-0.39, 0.29) is 4.88 Å². The number of aromatic nitrogens is 6. The predicted octanol–water partition coefficient (Wildman–Crippen LogP) is 4.40. The summed E-state index contributed by atoms with van der Waals surface area (Å²) < 4.78 is 7.65. The predicted molar refractivity (Wildman–Crippen MR) is 125 cm³/mol. The van der Waals surface area contributed by atoms with E-state index in [1.54, 1.807) is 0 Å². The monoisotopic (exact) mass is 460 g/mol. The van der Waals surface area contributed by atoms with Crippen LogP contribution >= 0.6 is 11.3 Å². The van der Waals surface area contributed by atoms with Crippen LogP contribution in [-0.2, 0) is 6.54 Å². The third kappa shape index (κ3) is 3.64. The number of ether oxygens (including phenoxy) is 1. The minimum absolute atomic E-state index is 0.255. The molecule has 2 aromatic carbocycles. The van der Waals surface area contributed by atoms with Gasteiger partial charge in [-0.05, 0) is 35.8 Å². The number of nitrogens with zero attached hydrogens (tertiary/aromatic N) is 5. The number of aryl methyl sites for hydroxylation is 1. The summed E-state index contributed by atoms with van der Waals surface area (Å²) in [6, 6.07) is 16.2. The Balaban J connectivity index is 1.68. The number of aromatic amines is 1. The van der Waals surface area contributed by atoms with E-state index >= 15 is 0 Å². The smallest absolute Gasteiger partial charge is 0.348 e. The Morgan fingerprint density at radius 2 is 1.85 bits per heavy atom. The van der Waals surface area contributed by atoms with Crippen LogP contribution in [0, 0.1) is 6.92 Å². The fourth-order valence-electron chi connectivity index (χ4n) is 3.97. The van der Waals surface area contributed by atoms with Gasteiger partial charge in [-0.15, -0.1) is 21.5 Å². The van der Waals surface area contributed by atoms with Crippen LogP contribution in [0.5, 0.6) is 6.01 Å². The maximum Gasteiger partial charge on any atom is 0.348 e. The number of carbonyl (C=O) groups is 1. The van der Waals surface area contributed by atoms with Gasteiger partial charge in [0.15, 0.2) is 0 Å². The molecular weight excluding hydrogens is 440 g/mol. The first-order valence-corrected chi connectivity index (χ1v) is 11.2. The van der Waals surface area contributed by atoms with E-state index in [9.17, 15) is 9.90 Å². The number of hydrogen-bond acceptors (Lipinski definition) is 7. The van der Waals surface area contributed by atoms with Gasteiger partial charge >= 0.3 is 5.97 Å². The van der Waals surface area contributed by atoms with E-state index in [2.05, 4.69) is 25.6 Å². The molecule has 9 nitrogen and oxygen atoms in total. The number of tetrazole rings is 1. The Labute approximate surface area is 192 Å². The van der Waals surface area contributed by atoms with Gasteiger partial charge in [0.25, 0.3) is 6.01 Å². The van der Waals surface area contributed by atoms with Crippen molar-refractivity contribution >= 4 is 28.3 Å². The highest BCUT2D eigenvalue weighted by atomic mass is 32.1. The second kappa shape index (κ2) is 8.47. The largest absolute Gasteiger partial charge is 0.477 e. The molecule has 0 saturated carbocycles. The number of rotatable bonds is 7. The Bertz CT molecular complexity index is 1450. The van der Waals surface area contributed by atoms with Gasteiger partial charge in [0.1, 0.15) is 10.4 Å². The molecule has 3 heterocycles. The molecule has 0 fully saturated rings. The van der Waals surface area contributed by atoms with Crippen LogP contribution in [0.4, 0.5) is 0 Å². The molecule has 5 rings (SSSR count). The molecule has 0 spiro atoms. The third-order valence-corrected chi connectivity index (χ3v) is 6.42. The van der Waals surface area contributed by atoms with Crippen LogP contribution < -0.4 is 4.74 Å². The van der Waals surface area contributed by atoms with Crippen LogP contribution in [0.2, 0.25) is 0 Å². The summed E-state index contributed by atoms with van der Waals surface area (Å²) in [7, 11) is 0. The minimum atomic E-state index is -0.974. The first-order valence-electron chi connectivity index (χ1n) is 10.3. The number of carboxylic acids is 1. The van der Waals surface area contributed by atoms with Gasteiger partial charge in [-0.1, -0.05) is 48.5 Å². The maximum absolute atomic E-state index is 12.0. The van der Waals surface area contributed by atoms with E-state index in [1.807, 2.05) is 66.9 Å². The highest BCUT2D eigenvalue weighted by Gasteiger charge is 2.24. The van der Waals surface area contributed by atoms with E-state index in [4.69, 9.17) is 4.74 Å². The molecule has 0 atom stereocenters. The lowest BCUT2D eigenvalue weighted by molar-refractivity contribution is 0.0703. The molecule has 0 radical (unpaired) electrons. The summed E-state index contributed by atoms with van der Waals surface area (Å²) in [6.07, 6.45) is 0. The first kappa shape index (κ1) is 20.8. The van der Waals surface area contributed by atoms with E-state index in [0.717, 1.165) is 27.1 Å². The van der Waals surface area contributed by atoms with Crippen LogP contribution in [-0.4, -0.2) is 47.9 Å². The lowest BCUT2D eigenvalue weighted by Crippen LogP contribution is -2.08. The van der Waals surface area contributed by atoms with Gasteiger partial charge in [0, 0.05) is 10.4 Å². The highest BCUT2D eigenvalue weighted by Crippen LogP contribution is 2.37. The van der Waals surface area contributed by atoms with Gasteiger partial charge < -0.3 is 9.84 Å². The number of imidazole rings is 1. The average molecular weight is 461 g/mol. The molecule has 0 aliphatic rings. The summed E-state index contributed by atoms with van der Waals surface area (Å²) in [5.41, 5.74) is 4.99. The molecule has 0 bridgehead atoms. The molecule has 10 heteroatoms. The molecule has 3 aromatic heterocycles. The molecule has 0 amide bonds. The van der Waals surface area contributed by atoms with Crippen molar-refractivity contribution in [3.8, 4) is 28.5 Å². The summed E-state index contributed by atoms with van der Waals surface area (Å²) in [6.45, 7) is 4.57. The summed E-state index contributed by atoms with van der Waals surface area (Å²) >= 11 is 1.23. The quantitative estimate of drug-likeness (QED) is 0.369. The van der Waals surface area contributed by atoms with E-state index < -0.39 is 5.97 Å². The number of fused-ring (bicyclic) bond motifs is 1. The van der Waals surface area contributed by atoms with Crippen molar-refractivity contribution in [2.24, 2.45) is 0 Å². The van der Waals surface area contributed by atoms with Crippen LogP contribution in [0.25, 0.3) is 33.5 Å². The normalized spacial score (nSPS) is 11.2. The zero-order valence-electron chi connectivity index (χ0n) is 17.9. The number of H-pyrrole nitrogens is 1. The van der Waals surface area contributed by atoms with Crippen LogP contribution in [0.3, 0.4) is 0 Å². The fraction of sp³-hybridized carbons (Fsp3) is 0.174. The second-order valence-corrected chi connectivity index (χ2v) is 8.57. The molecule has 166 valence electrons. The molecule has 0 aliphatic carbocycles. The molecular formula is C23H20N6O3S. The maximum atomic E-state index is 12.0. The second-order valence-electron chi connectivity index (χ2n) is 7.34. The molecule has 0 aliphatic heterocycles. The van der Waals surface area contributed by atoms with Crippen LogP contribution in [0.15, 0.2) is 48.5 Å². The van der Waals surface area contributed by atoms with Crippen molar-refractivity contribution in [1.29, 1.82) is 0 Å². The SMILES string of the molecule is CCOc1nc2c(C)sc(C(=O)O)c2n1Cc1ccccc1-c1ccccc1-c1nn[nH]n1. The third-order valence-electron chi connectivity index (χ3n) is 5.35. The highest BCUT2D eigenvalue weighted by molar-refractivity contribution is 7.15. The van der Waals surface area contributed by atoms with Crippen molar-refractivity contribution in [2.45, 2.75) is 20.4 Å². The summed E-state index contributed by atoms with van der Waals surface area (Å²) in [5.74, 6) is -0.472. The Kier molecular flexibility index (Phi) is 5.35. The topological polar surface area (TPSA) is 119 Å². The van der Waals surface area contributed by atoms with Crippen molar-refractivity contribution in [2.75, 3.05) is 6.61 Å². The number of aromatic carboxylic acids is 1. The number of carboxylic acid groups (broad SMARTS) is 1. The zero-order valence-corrected chi connectivity index (χ0v) is 18.8. The summed E-state index contributed by atoms with van der Waals surface area (Å²) in [5, 5.41) is 24.3. The van der Waals surface area contributed by atoms with Gasteiger partial charge in [-0.25, -0.2) is 4.79 Å².